The van der Waals surface area contributed by atoms with Crippen LogP contribution in [-0.4, -0.2) is 25.7 Å². The number of nitrogens with one attached hydrogen (secondary N) is 1. The highest BCUT2D eigenvalue weighted by Gasteiger charge is 2.21. The molecule has 98 valence electrons. The first-order valence-electron chi connectivity index (χ1n) is 5.18. The first kappa shape index (κ1) is 14.9. The van der Waals surface area contributed by atoms with Crippen molar-refractivity contribution < 1.29 is 13.5 Å². The summed E-state index contributed by atoms with van der Waals surface area (Å²) in [7, 11) is -3.53. The molecule has 0 amide bonds. The lowest BCUT2D eigenvalue weighted by Crippen LogP contribution is -2.34. The standard InChI is InChI=1S/C10H16ClNO3S2/c1-6-4-9(16-10(6)11)17(14,15)12-7(2)5-8(3)13/h4,7-8,12-13H,5H2,1-3H3. The summed E-state index contributed by atoms with van der Waals surface area (Å²) in [6.45, 7) is 5.10. The van der Waals surface area contributed by atoms with Gasteiger partial charge in [-0.05, 0) is 38.8 Å². The van der Waals surface area contributed by atoms with Gasteiger partial charge in [-0.3, -0.25) is 0 Å². The third kappa shape index (κ3) is 4.22. The smallest absolute Gasteiger partial charge is 0.250 e. The zero-order valence-electron chi connectivity index (χ0n) is 9.90. The number of halogens is 1. The van der Waals surface area contributed by atoms with Crippen LogP contribution in [0.1, 0.15) is 25.8 Å². The molecule has 0 fully saturated rings. The Labute approximate surface area is 111 Å². The third-order valence-corrected chi connectivity index (χ3v) is 5.77. The number of sulfonamides is 1. The lowest BCUT2D eigenvalue weighted by molar-refractivity contribution is 0.175. The van der Waals surface area contributed by atoms with Crippen LogP contribution >= 0.6 is 22.9 Å². The minimum atomic E-state index is -3.53. The molecule has 0 bridgehead atoms. The van der Waals surface area contributed by atoms with Gasteiger partial charge >= 0.3 is 0 Å². The van der Waals surface area contributed by atoms with Crippen molar-refractivity contribution in [3.8, 4) is 0 Å². The van der Waals surface area contributed by atoms with Crippen molar-refractivity contribution in [2.45, 2.75) is 43.5 Å². The van der Waals surface area contributed by atoms with Gasteiger partial charge in [0.2, 0.25) is 10.0 Å². The monoisotopic (exact) mass is 297 g/mol. The van der Waals surface area contributed by atoms with Gasteiger partial charge in [-0.2, -0.15) is 0 Å². The molecular formula is C10H16ClNO3S2. The Morgan fingerprint density at radius 3 is 2.53 bits per heavy atom. The molecule has 17 heavy (non-hydrogen) atoms. The van der Waals surface area contributed by atoms with Crippen molar-refractivity contribution in [2.75, 3.05) is 0 Å². The number of aliphatic hydroxyl groups is 1. The molecule has 0 saturated heterocycles. The second-order valence-electron chi connectivity index (χ2n) is 4.13. The average molecular weight is 298 g/mol. The maximum absolute atomic E-state index is 11.9. The van der Waals surface area contributed by atoms with E-state index in [1.807, 2.05) is 0 Å². The molecule has 0 spiro atoms. The minimum absolute atomic E-state index is 0.206. The van der Waals surface area contributed by atoms with Crippen LogP contribution < -0.4 is 4.72 Å². The van der Waals surface area contributed by atoms with Crippen molar-refractivity contribution in [2.24, 2.45) is 0 Å². The predicted octanol–water partition coefficient (Wildman–Crippen LogP) is 2.15. The Bertz CT molecular complexity index is 462. The minimum Gasteiger partial charge on any atom is -0.393 e. The molecule has 0 saturated carbocycles. The van der Waals surface area contributed by atoms with Crippen molar-refractivity contribution in [3.63, 3.8) is 0 Å². The van der Waals surface area contributed by atoms with Crippen LogP contribution in [0.25, 0.3) is 0 Å². The number of thiophene rings is 1. The summed E-state index contributed by atoms with van der Waals surface area (Å²) in [5.41, 5.74) is 0.750. The molecule has 0 radical (unpaired) electrons. The van der Waals surface area contributed by atoms with E-state index in [2.05, 4.69) is 4.72 Å². The third-order valence-electron chi connectivity index (χ3n) is 2.15. The second kappa shape index (κ2) is 5.67. The predicted molar refractivity (Wildman–Crippen MR) is 70.1 cm³/mol. The first-order valence-corrected chi connectivity index (χ1v) is 7.86. The van der Waals surface area contributed by atoms with Gasteiger partial charge in [-0.15, -0.1) is 11.3 Å². The van der Waals surface area contributed by atoms with Gasteiger partial charge in [0.1, 0.15) is 4.21 Å². The quantitative estimate of drug-likeness (QED) is 0.875. The molecule has 1 aromatic heterocycles. The molecule has 4 nitrogen and oxygen atoms in total. The van der Waals surface area contributed by atoms with Crippen molar-refractivity contribution >= 4 is 33.0 Å². The van der Waals surface area contributed by atoms with Crippen LogP contribution in [0.4, 0.5) is 0 Å². The summed E-state index contributed by atoms with van der Waals surface area (Å²) < 4.78 is 27.1. The van der Waals surface area contributed by atoms with E-state index in [1.165, 1.54) is 0 Å². The lowest BCUT2D eigenvalue weighted by atomic mass is 10.2. The van der Waals surface area contributed by atoms with E-state index in [0.29, 0.717) is 10.8 Å². The van der Waals surface area contributed by atoms with E-state index in [0.717, 1.165) is 16.9 Å². The summed E-state index contributed by atoms with van der Waals surface area (Å²) in [5, 5.41) is 9.19. The Hall–Kier alpha value is -0.140. The van der Waals surface area contributed by atoms with E-state index in [4.69, 9.17) is 11.6 Å². The highest BCUT2D eigenvalue weighted by molar-refractivity contribution is 7.91. The maximum Gasteiger partial charge on any atom is 0.250 e. The van der Waals surface area contributed by atoms with Crippen LogP contribution in [0.5, 0.6) is 0 Å². The molecule has 1 rings (SSSR count). The summed E-state index contributed by atoms with van der Waals surface area (Å²) in [5.74, 6) is 0. The SMILES string of the molecule is Cc1cc(S(=O)(=O)NC(C)CC(C)O)sc1Cl. The molecule has 0 aromatic carbocycles. The molecule has 2 N–H and O–H groups in total. The molecule has 0 aliphatic carbocycles. The van der Waals surface area contributed by atoms with Crippen LogP contribution in [0.3, 0.4) is 0 Å². The Balaban J connectivity index is 2.82. The molecular weight excluding hydrogens is 282 g/mol. The maximum atomic E-state index is 11.9. The van der Waals surface area contributed by atoms with Gasteiger partial charge in [0.05, 0.1) is 10.4 Å². The zero-order valence-corrected chi connectivity index (χ0v) is 12.3. The largest absolute Gasteiger partial charge is 0.393 e. The van der Waals surface area contributed by atoms with E-state index in [9.17, 15) is 13.5 Å². The summed E-state index contributed by atoms with van der Waals surface area (Å²) in [4.78, 5) is 0. The first-order chi connectivity index (χ1) is 7.72. The fraction of sp³-hybridized carbons (Fsp3) is 0.600. The topological polar surface area (TPSA) is 66.4 Å². The molecule has 7 heteroatoms. The number of aryl methyl sites for hydroxylation is 1. The van der Waals surface area contributed by atoms with Crippen LogP contribution in [0, 0.1) is 6.92 Å². The van der Waals surface area contributed by atoms with Crippen LogP contribution in [0.2, 0.25) is 4.34 Å². The van der Waals surface area contributed by atoms with E-state index in [-0.39, 0.29) is 10.3 Å². The molecule has 2 atom stereocenters. The van der Waals surface area contributed by atoms with Gasteiger partial charge in [-0.1, -0.05) is 11.6 Å². The van der Waals surface area contributed by atoms with Crippen molar-refractivity contribution in [1.82, 2.24) is 4.72 Å². The second-order valence-corrected chi connectivity index (χ2v) is 7.72. The van der Waals surface area contributed by atoms with Gasteiger partial charge in [0.25, 0.3) is 0 Å². The summed E-state index contributed by atoms with van der Waals surface area (Å²) in [6, 6.07) is 1.23. The van der Waals surface area contributed by atoms with Gasteiger partial charge < -0.3 is 5.11 Å². The van der Waals surface area contributed by atoms with E-state index < -0.39 is 16.1 Å². The highest BCUT2D eigenvalue weighted by Crippen LogP contribution is 2.30. The van der Waals surface area contributed by atoms with Crippen LogP contribution in [-0.2, 0) is 10.0 Å². The zero-order chi connectivity index (χ0) is 13.2. The molecule has 1 heterocycles. The number of hydrogen-bond donors (Lipinski definition) is 2. The molecule has 0 aliphatic rings. The number of hydrogen-bond acceptors (Lipinski definition) is 4. The van der Waals surface area contributed by atoms with Crippen molar-refractivity contribution in [3.05, 3.63) is 16.0 Å². The van der Waals surface area contributed by atoms with Gasteiger partial charge in [0.15, 0.2) is 0 Å². The van der Waals surface area contributed by atoms with Gasteiger partial charge in [0, 0.05) is 6.04 Å². The molecule has 2 unspecified atom stereocenters. The summed E-state index contributed by atoms with van der Waals surface area (Å²) >= 11 is 6.88. The fourth-order valence-electron chi connectivity index (χ4n) is 1.45. The summed E-state index contributed by atoms with van der Waals surface area (Å²) in [6.07, 6.45) is -0.168. The van der Waals surface area contributed by atoms with Gasteiger partial charge in [-0.25, -0.2) is 13.1 Å². The average Bonchev–Trinajstić information content (AvgIpc) is 2.44. The fourth-order valence-corrected chi connectivity index (χ4v) is 4.43. The lowest BCUT2D eigenvalue weighted by Gasteiger charge is -2.14. The normalized spacial score (nSPS) is 15.8. The molecule has 1 aromatic rings. The van der Waals surface area contributed by atoms with E-state index in [1.54, 1.807) is 26.8 Å². The van der Waals surface area contributed by atoms with E-state index >= 15 is 0 Å². The Morgan fingerprint density at radius 2 is 2.12 bits per heavy atom. The highest BCUT2D eigenvalue weighted by atomic mass is 35.5. The number of aliphatic hydroxyl groups excluding tert-OH is 1. The Kier molecular flexibility index (Phi) is 4.97. The van der Waals surface area contributed by atoms with Crippen molar-refractivity contribution in [1.29, 1.82) is 0 Å². The van der Waals surface area contributed by atoms with Crippen LogP contribution in [0.15, 0.2) is 10.3 Å². The molecule has 0 aliphatic heterocycles. The Morgan fingerprint density at radius 1 is 1.53 bits per heavy atom. The number of rotatable bonds is 5.